The molecule has 3 rings (SSSR count). The lowest BCUT2D eigenvalue weighted by Crippen LogP contribution is -2.59. The molecule has 0 spiro atoms. The minimum absolute atomic E-state index is 0. The Balaban J connectivity index is 0.00000280. The molecule has 1 aromatic rings. The number of nitrogens with zero attached hydrogens (tertiary/aromatic N) is 3. The van der Waals surface area contributed by atoms with Gasteiger partial charge in [-0.1, -0.05) is 25.7 Å². The molecule has 2 heterocycles. The Labute approximate surface area is 186 Å². The lowest BCUT2D eigenvalue weighted by Gasteiger charge is -2.48. The number of halogens is 2. The number of hydrogen-bond acceptors (Lipinski definition) is 3. The summed E-state index contributed by atoms with van der Waals surface area (Å²) in [6.45, 7) is 6.43. The molecule has 0 bridgehead atoms. The van der Waals surface area contributed by atoms with Crippen LogP contribution < -0.4 is 10.6 Å². The van der Waals surface area contributed by atoms with Crippen molar-refractivity contribution in [2.45, 2.75) is 70.4 Å². The normalized spacial score (nSPS) is 20.3. The van der Waals surface area contributed by atoms with E-state index >= 15 is 0 Å². The highest BCUT2D eigenvalue weighted by Crippen LogP contribution is 2.35. The summed E-state index contributed by atoms with van der Waals surface area (Å²) in [6.07, 6.45) is 12.1. The van der Waals surface area contributed by atoms with Gasteiger partial charge in [-0.05, 0) is 57.8 Å². The van der Waals surface area contributed by atoms with E-state index in [9.17, 15) is 4.39 Å². The van der Waals surface area contributed by atoms with Crippen molar-refractivity contribution < 1.29 is 4.39 Å². The molecule has 2 fully saturated rings. The van der Waals surface area contributed by atoms with Gasteiger partial charge in [-0.2, -0.15) is 0 Å². The molecular weight excluding hydrogens is 468 g/mol. The highest BCUT2D eigenvalue weighted by molar-refractivity contribution is 14.0. The van der Waals surface area contributed by atoms with Crippen molar-refractivity contribution in [2.24, 2.45) is 4.99 Å². The Bertz CT molecular complexity index is 613. The fourth-order valence-electron chi connectivity index (χ4n) is 4.46. The average molecular weight is 503 g/mol. The average Bonchev–Trinajstić information content (AvgIpc) is 2.72. The molecule has 0 unspecified atom stereocenters. The Morgan fingerprint density at radius 2 is 1.86 bits per heavy atom. The lowest BCUT2D eigenvalue weighted by atomic mass is 9.79. The van der Waals surface area contributed by atoms with Crippen LogP contribution in [0.3, 0.4) is 0 Å². The molecule has 28 heavy (non-hydrogen) atoms. The Morgan fingerprint density at radius 1 is 1.14 bits per heavy atom. The Hall–Kier alpha value is -0.960. The molecule has 2 N–H and O–H groups in total. The molecule has 1 saturated heterocycles. The zero-order chi connectivity index (χ0) is 19.0. The van der Waals surface area contributed by atoms with E-state index in [1.165, 1.54) is 70.5 Å². The van der Waals surface area contributed by atoms with Gasteiger partial charge in [-0.25, -0.2) is 9.38 Å². The molecule has 2 aliphatic rings. The van der Waals surface area contributed by atoms with Gasteiger partial charge >= 0.3 is 0 Å². The van der Waals surface area contributed by atoms with E-state index in [4.69, 9.17) is 0 Å². The third-order valence-corrected chi connectivity index (χ3v) is 5.96. The van der Waals surface area contributed by atoms with E-state index in [-0.39, 0.29) is 41.9 Å². The molecule has 5 nitrogen and oxygen atoms in total. The number of piperidine rings is 1. The van der Waals surface area contributed by atoms with E-state index in [1.807, 2.05) is 0 Å². The first-order valence-corrected chi connectivity index (χ1v) is 10.6. The zero-order valence-electron chi connectivity index (χ0n) is 17.1. The van der Waals surface area contributed by atoms with Crippen molar-refractivity contribution in [3.8, 4) is 0 Å². The SMILES string of the molecule is CCNC(=NCc1ncccc1F)NCC1(N2CCCCC2)CCCCC1.I. The van der Waals surface area contributed by atoms with Crippen molar-refractivity contribution in [1.29, 1.82) is 0 Å². The van der Waals surface area contributed by atoms with Crippen LogP contribution in [0.5, 0.6) is 0 Å². The third-order valence-electron chi connectivity index (χ3n) is 5.96. The van der Waals surface area contributed by atoms with Crippen molar-refractivity contribution in [2.75, 3.05) is 26.2 Å². The van der Waals surface area contributed by atoms with Crippen LogP contribution in [0.1, 0.15) is 64.0 Å². The monoisotopic (exact) mass is 503 g/mol. The van der Waals surface area contributed by atoms with Crippen LogP contribution in [-0.4, -0.2) is 47.6 Å². The molecule has 1 saturated carbocycles. The highest BCUT2D eigenvalue weighted by Gasteiger charge is 2.38. The fourth-order valence-corrected chi connectivity index (χ4v) is 4.46. The standard InChI is InChI=1S/C21H34FN5.HI/c1-2-23-20(25-16-19-18(22)10-9-13-24-19)26-17-21(11-5-3-6-12-21)27-14-7-4-8-15-27;/h9-10,13H,2-8,11-12,14-17H2,1H3,(H2,23,25,26);1H. The van der Waals surface area contributed by atoms with Crippen molar-refractivity contribution in [3.05, 3.63) is 29.8 Å². The summed E-state index contributed by atoms with van der Waals surface area (Å²) in [4.78, 5) is 11.4. The molecule has 0 atom stereocenters. The molecule has 0 radical (unpaired) electrons. The number of pyridine rings is 1. The summed E-state index contributed by atoms with van der Waals surface area (Å²) >= 11 is 0. The molecule has 158 valence electrons. The van der Waals surface area contributed by atoms with Crippen molar-refractivity contribution >= 4 is 29.9 Å². The van der Waals surface area contributed by atoms with Crippen molar-refractivity contribution in [3.63, 3.8) is 0 Å². The first-order valence-electron chi connectivity index (χ1n) is 10.6. The van der Waals surface area contributed by atoms with Gasteiger partial charge < -0.3 is 10.6 Å². The van der Waals surface area contributed by atoms with Crippen LogP contribution in [0.15, 0.2) is 23.3 Å². The number of aromatic nitrogens is 1. The van der Waals surface area contributed by atoms with E-state index in [1.54, 1.807) is 12.3 Å². The number of rotatable bonds is 6. The Morgan fingerprint density at radius 3 is 2.54 bits per heavy atom. The van der Waals surface area contributed by atoms with Gasteiger partial charge in [0.1, 0.15) is 5.82 Å². The lowest BCUT2D eigenvalue weighted by molar-refractivity contribution is 0.0368. The predicted octanol–water partition coefficient (Wildman–Crippen LogP) is 4.08. The van der Waals surface area contributed by atoms with Gasteiger partial charge in [0.15, 0.2) is 5.96 Å². The van der Waals surface area contributed by atoms with Crippen LogP contribution >= 0.6 is 24.0 Å². The van der Waals surface area contributed by atoms with E-state index in [0.717, 1.165) is 19.0 Å². The summed E-state index contributed by atoms with van der Waals surface area (Å²) in [5.74, 6) is 0.457. The van der Waals surface area contributed by atoms with Gasteiger partial charge in [0, 0.05) is 24.8 Å². The topological polar surface area (TPSA) is 52.6 Å². The first-order chi connectivity index (χ1) is 13.2. The van der Waals surface area contributed by atoms with Gasteiger partial charge in [-0.15, -0.1) is 24.0 Å². The number of hydrogen-bond donors (Lipinski definition) is 2. The smallest absolute Gasteiger partial charge is 0.191 e. The predicted molar refractivity (Wildman–Crippen MR) is 124 cm³/mol. The molecular formula is C21H35FIN5. The van der Waals surface area contributed by atoms with E-state index in [2.05, 4.69) is 32.4 Å². The number of likely N-dealkylation sites (tertiary alicyclic amines) is 1. The second-order valence-electron chi connectivity index (χ2n) is 7.81. The number of guanidine groups is 1. The van der Waals surface area contributed by atoms with Crippen LogP contribution in [-0.2, 0) is 6.54 Å². The van der Waals surface area contributed by atoms with Crippen LogP contribution in [0.4, 0.5) is 4.39 Å². The van der Waals surface area contributed by atoms with Crippen LogP contribution in [0.2, 0.25) is 0 Å². The second kappa shape index (κ2) is 11.9. The summed E-state index contributed by atoms with van der Waals surface area (Å²) in [5.41, 5.74) is 0.628. The van der Waals surface area contributed by atoms with Crippen LogP contribution in [0, 0.1) is 5.82 Å². The van der Waals surface area contributed by atoms with Gasteiger partial charge in [0.25, 0.3) is 0 Å². The fraction of sp³-hybridized carbons (Fsp3) is 0.714. The second-order valence-corrected chi connectivity index (χ2v) is 7.81. The van der Waals surface area contributed by atoms with Gasteiger partial charge in [0.2, 0.25) is 0 Å². The first kappa shape index (κ1) is 23.3. The maximum absolute atomic E-state index is 13.8. The quantitative estimate of drug-likeness (QED) is 0.349. The Kier molecular flexibility index (Phi) is 9.91. The summed E-state index contributed by atoms with van der Waals surface area (Å²) in [7, 11) is 0. The minimum Gasteiger partial charge on any atom is -0.357 e. The molecule has 0 amide bonds. The van der Waals surface area contributed by atoms with Gasteiger partial charge in [0.05, 0.1) is 12.2 Å². The maximum Gasteiger partial charge on any atom is 0.191 e. The third kappa shape index (κ3) is 6.27. The molecule has 1 aromatic heterocycles. The highest BCUT2D eigenvalue weighted by atomic mass is 127. The van der Waals surface area contributed by atoms with Crippen LogP contribution in [0.25, 0.3) is 0 Å². The van der Waals surface area contributed by atoms with Crippen molar-refractivity contribution in [1.82, 2.24) is 20.5 Å². The minimum atomic E-state index is -0.297. The summed E-state index contributed by atoms with van der Waals surface area (Å²) in [5, 5.41) is 6.87. The molecule has 7 heteroatoms. The zero-order valence-corrected chi connectivity index (χ0v) is 19.4. The van der Waals surface area contributed by atoms with E-state index < -0.39 is 0 Å². The maximum atomic E-state index is 13.8. The molecule has 1 aliphatic carbocycles. The molecule has 1 aliphatic heterocycles. The summed E-state index contributed by atoms with van der Waals surface area (Å²) < 4.78 is 13.8. The van der Waals surface area contributed by atoms with E-state index in [0.29, 0.717) is 5.69 Å². The molecule has 0 aromatic carbocycles. The number of aliphatic imine (C=N–C) groups is 1. The largest absolute Gasteiger partial charge is 0.357 e. The number of nitrogens with one attached hydrogen (secondary N) is 2. The summed E-state index contributed by atoms with van der Waals surface area (Å²) in [6, 6.07) is 3.04. The van der Waals surface area contributed by atoms with Gasteiger partial charge in [-0.3, -0.25) is 9.88 Å².